The molecule has 16 heavy (non-hydrogen) atoms. The number of halogens is 3. The summed E-state index contributed by atoms with van der Waals surface area (Å²) >= 11 is 1.25. The molecule has 0 fully saturated rings. The third-order valence-corrected chi connectivity index (χ3v) is 3.15. The summed E-state index contributed by atoms with van der Waals surface area (Å²) in [6.07, 6.45) is -4.34. The van der Waals surface area contributed by atoms with E-state index in [0.717, 1.165) is 17.1 Å². The maximum Gasteiger partial charge on any atom is 0.416 e. The molecule has 2 nitrogen and oxygen atoms in total. The predicted octanol–water partition coefficient (Wildman–Crippen LogP) is 3.08. The Bertz CT molecular complexity index is 531. The Labute approximate surface area is 93.9 Å². The Balaban J connectivity index is 2.72. The predicted molar refractivity (Wildman–Crippen MR) is 57.3 cm³/mol. The van der Waals surface area contributed by atoms with Crippen LogP contribution in [0.2, 0.25) is 0 Å². The number of rotatable bonds is 1. The van der Waals surface area contributed by atoms with Crippen LogP contribution in [0.1, 0.15) is 16.1 Å². The van der Waals surface area contributed by atoms with E-state index in [9.17, 15) is 13.2 Å². The van der Waals surface area contributed by atoms with Gasteiger partial charge >= 0.3 is 6.18 Å². The molecular formula is C10H9F3N2S. The first-order valence-corrected chi connectivity index (χ1v) is 5.41. The number of aryl methyl sites for hydroxylation is 1. The molecule has 0 saturated carbocycles. The maximum atomic E-state index is 12.6. The van der Waals surface area contributed by atoms with Crippen LogP contribution in [-0.2, 0) is 12.7 Å². The van der Waals surface area contributed by atoms with Crippen molar-refractivity contribution in [3.05, 3.63) is 28.3 Å². The highest BCUT2D eigenvalue weighted by molar-refractivity contribution is 7.18. The lowest BCUT2D eigenvalue weighted by atomic mass is 10.1. The number of benzene rings is 1. The van der Waals surface area contributed by atoms with E-state index in [4.69, 9.17) is 5.73 Å². The monoisotopic (exact) mass is 246 g/mol. The number of fused-ring (bicyclic) bond motifs is 1. The van der Waals surface area contributed by atoms with Gasteiger partial charge in [0.2, 0.25) is 0 Å². The summed E-state index contributed by atoms with van der Waals surface area (Å²) in [6, 6.07) is 2.20. The smallest absolute Gasteiger partial charge is 0.326 e. The quantitative estimate of drug-likeness (QED) is 0.839. The minimum atomic E-state index is -4.34. The molecule has 2 aromatic rings. The highest BCUT2D eigenvalue weighted by Gasteiger charge is 2.31. The molecule has 0 atom stereocenters. The van der Waals surface area contributed by atoms with Gasteiger partial charge in [0.1, 0.15) is 0 Å². The zero-order chi connectivity index (χ0) is 11.9. The molecule has 1 aromatic carbocycles. The van der Waals surface area contributed by atoms with Gasteiger partial charge in [-0.05, 0) is 24.6 Å². The van der Waals surface area contributed by atoms with Gasteiger partial charge in [-0.2, -0.15) is 13.2 Å². The third kappa shape index (κ3) is 1.90. The van der Waals surface area contributed by atoms with Gasteiger partial charge in [-0.15, -0.1) is 11.3 Å². The van der Waals surface area contributed by atoms with Crippen LogP contribution in [0, 0.1) is 6.92 Å². The topological polar surface area (TPSA) is 38.9 Å². The molecule has 0 aliphatic carbocycles. The van der Waals surface area contributed by atoms with Crippen molar-refractivity contribution in [3.63, 3.8) is 0 Å². The molecule has 6 heteroatoms. The highest BCUT2D eigenvalue weighted by atomic mass is 32.1. The zero-order valence-electron chi connectivity index (χ0n) is 8.43. The summed E-state index contributed by atoms with van der Waals surface area (Å²) in [6.45, 7) is 1.82. The molecular weight excluding hydrogens is 237 g/mol. The minimum Gasteiger partial charge on any atom is -0.326 e. The van der Waals surface area contributed by atoms with Gasteiger partial charge < -0.3 is 5.73 Å². The molecule has 1 heterocycles. The maximum absolute atomic E-state index is 12.6. The second-order valence-electron chi connectivity index (χ2n) is 3.42. The Kier molecular flexibility index (Phi) is 2.63. The van der Waals surface area contributed by atoms with E-state index in [1.54, 1.807) is 6.92 Å². The van der Waals surface area contributed by atoms with Crippen LogP contribution in [0.5, 0.6) is 0 Å². The number of thiazole rings is 1. The Morgan fingerprint density at radius 1 is 1.38 bits per heavy atom. The summed E-state index contributed by atoms with van der Waals surface area (Å²) in [5.74, 6) is 0. The van der Waals surface area contributed by atoms with Gasteiger partial charge in [-0.25, -0.2) is 4.98 Å². The van der Waals surface area contributed by atoms with Crippen LogP contribution in [0.3, 0.4) is 0 Å². The van der Waals surface area contributed by atoms with Crippen molar-refractivity contribution in [1.29, 1.82) is 0 Å². The fourth-order valence-corrected chi connectivity index (χ4v) is 2.44. The number of hydrogen-bond donors (Lipinski definition) is 1. The summed E-state index contributed by atoms with van der Waals surface area (Å²) < 4.78 is 38.3. The van der Waals surface area contributed by atoms with Crippen molar-refractivity contribution in [2.24, 2.45) is 5.73 Å². The standard InChI is InChI=1S/C10H9F3N2S/c1-5-15-9-6(4-14)2-7(10(11,12)13)3-8(9)16-5/h2-3H,4,14H2,1H3. The lowest BCUT2D eigenvalue weighted by molar-refractivity contribution is -0.137. The van der Waals surface area contributed by atoms with Crippen LogP contribution in [0.4, 0.5) is 13.2 Å². The second-order valence-corrected chi connectivity index (χ2v) is 4.65. The molecule has 0 aliphatic rings. The number of nitrogens with zero attached hydrogens (tertiary/aromatic N) is 1. The highest BCUT2D eigenvalue weighted by Crippen LogP contribution is 2.34. The summed E-state index contributed by atoms with van der Waals surface area (Å²) in [4.78, 5) is 4.18. The first-order valence-electron chi connectivity index (χ1n) is 4.59. The average Bonchev–Trinajstić information content (AvgIpc) is 2.54. The van der Waals surface area contributed by atoms with Crippen LogP contribution in [-0.4, -0.2) is 4.98 Å². The molecule has 0 bridgehead atoms. The molecule has 0 aliphatic heterocycles. The van der Waals surface area contributed by atoms with Crippen LogP contribution in [0.15, 0.2) is 12.1 Å². The summed E-state index contributed by atoms with van der Waals surface area (Å²) in [5.41, 5.74) is 5.79. The number of aromatic nitrogens is 1. The molecule has 0 unspecified atom stereocenters. The largest absolute Gasteiger partial charge is 0.416 e. The number of hydrogen-bond acceptors (Lipinski definition) is 3. The van der Waals surface area contributed by atoms with E-state index >= 15 is 0 Å². The summed E-state index contributed by atoms with van der Waals surface area (Å²) in [5, 5.41) is 0.740. The van der Waals surface area contributed by atoms with Gasteiger partial charge in [0.15, 0.2) is 0 Å². The second kappa shape index (κ2) is 3.71. The summed E-state index contributed by atoms with van der Waals surface area (Å²) in [7, 11) is 0. The molecule has 0 saturated heterocycles. The van der Waals surface area contributed by atoms with Gasteiger partial charge in [-0.1, -0.05) is 0 Å². The van der Waals surface area contributed by atoms with Gasteiger partial charge in [0, 0.05) is 6.54 Å². The van der Waals surface area contributed by atoms with Crippen LogP contribution in [0.25, 0.3) is 10.2 Å². The average molecular weight is 246 g/mol. The van der Waals surface area contributed by atoms with E-state index in [-0.39, 0.29) is 6.54 Å². The Morgan fingerprint density at radius 3 is 2.62 bits per heavy atom. The molecule has 86 valence electrons. The molecule has 0 spiro atoms. The van der Waals surface area contributed by atoms with Crippen molar-refractivity contribution in [2.45, 2.75) is 19.6 Å². The van der Waals surface area contributed by atoms with Crippen LogP contribution < -0.4 is 5.73 Å². The fourth-order valence-electron chi connectivity index (χ4n) is 1.53. The van der Waals surface area contributed by atoms with E-state index < -0.39 is 11.7 Å². The lowest BCUT2D eigenvalue weighted by Crippen LogP contribution is -2.07. The molecule has 1 aromatic heterocycles. The van der Waals surface area contributed by atoms with E-state index in [0.29, 0.717) is 15.8 Å². The van der Waals surface area contributed by atoms with E-state index in [1.807, 2.05) is 0 Å². The molecule has 2 rings (SSSR count). The van der Waals surface area contributed by atoms with Crippen LogP contribution >= 0.6 is 11.3 Å². The fraction of sp³-hybridized carbons (Fsp3) is 0.300. The first kappa shape index (κ1) is 11.3. The Hall–Kier alpha value is -1.14. The number of alkyl halides is 3. The van der Waals surface area contributed by atoms with E-state index in [1.165, 1.54) is 11.3 Å². The van der Waals surface area contributed by atoms with Crippen molar-refractivity contribution < 1.29 is 13.2 Å². The van der Waals surface area contributed by atoms with Crippen molar-refractivity contribution in [2.75, 3.05) is 0 Å². The molecule has 2 N–H and O–H groups in total. The lowest BCUT2D eigenvalue weighted by Gasteiger charge is -2.08. The van der Waals surface area contributed by atoms with Crippen molar-refractivity contribution in [1.82, 2.24) is 4.98 Å². The first-order chi connectivity index (χ1) is 7.41. The van der Waals surface area contributed by atoms with E-state index in [2.05, 4.69) is 4.98 Å². The number of nitrogens with two attached hydrogens (primary N) is 1. The normalized spacial score (nSPS) is 12.3. The van der Waals surface area contributed by atoms with Crippen molar-refractivity contribution >= 4 is 21.6 Å². The van der Waals surface area contributed by atoms with Crippen molar-refractivity contribution in [3.8, 4) is 0 Å². The minimum absolute atomic E-state index is 0.0591. The molecule has 0 amide bonds. The van der Waals surface area contributed by atoms with Gasteiger partial charge in [-0.3, -0.25) is 0 Å². The SMILES string of the molecule is Cc1nc2c(CN)cc(C(F)(F)F)cc2s1. The Morgan fingerprint density at radius 2 is 2.06 bits per heavy atom. The third-order valence-electron chi connectivity index (χ3n) is 2.23. The molecule has 0 radical (unpaired) electrons. The van der Waals surface area contributed by atoms with Gasteiger partial charge in [0.05, 0.1) is 20.8 Å². The zero-order valence-corrected chi connectivity index (χ0v) is 9.25. The van der Waals surface area contributed by atoms with Gasteiger partial charge in [0.25, 0.3) is 0 Å².